The van der Waals surface area contributed by atoms with Gasteiger partial charge in [-0.2, -0.15) is 5.26 Å². The molecule has 8 nitrogen and oxygen atoms in total. The Hall–Kier alpha value is -2.95. The third-order valence-corrected chi connectivity index (χ3v) is 5.51. The van der Waals surface area contributed by atoms with Crippen LogP contribution in [0.5, 0.6) is 0 Å². The van der Waals surface area contributed by atoms with Gasteiger partial charge in [-0.3, -0.25) is 19.7 Å². The Bertz CT molecular complexity index is 822. The van der Waals surface area contributed by atoms with E-state index in [0.717, 1.165) is 44.9 Å². The lowest BCUT2D eigenvalue weighted by Crippen LogP contribution is -2.34. The number of hydrogen-bond donors (Lipinski definition) is 1. The fraction of sp³-hybridized carbons (Fsp3) is 0.550. The molecule has 0 aromatic heterocycles. The zero-order valence-electron chi connectivity index (χ0n) is 15.9. The average Bonchev–Trinajstić information content (AvgIpc) is 3.52. The number of nitrogens with zero attached hydrogens (tertiary/aromatic N) is 3. The first-order chi connectivity index (χ1) is 13.4. The summed E-state index contributed by atoms with van der Waals surface area (Å²) in [5, 5.41) is 23.8. The van der Waals surface area contributed by atoms with Crippen molar-refractivity contribution in [2.45, 2.75) is 56.9 Å². The minimum Gasteiger partial charge on any atom is -0.352 e. The van der Waals surface area contributed by atoms with E-state index in [1.807, 2.05) is 6.07 Å². The van der Waals surface area contributed by atoms with Gasteiger partial charge in [0.1, 0.15) is 0 Å². The van der Waals surface area contributed by atoms with Crippen molar-refractivity contribution in [1.82, 2.24) is 5.32 Å². The molecule has 0 heterocycles. The molecule has 0 radical (unpaired) electrons. The lowest BCUT2D eigenvalue weighted by molar-refractivity contribution is -0.385. The van der Waals surface area contributed by atoms with Gasteiger partial charge in [-0.15, -0.1) is 0 Å². The molecule has 28 heavy (non-hydrogen) atoms. The topological polar surface area (TPSA) is 116 Å². The molecule has 8 heteroatoms. The minimum absolute atomic E-state index is 0.0490. The first kappa shape index (κ1) is 19.8. The molecule has 1 aromatic carbocycles. The van der Waals surface area contributed by atoms with Crippen LogP contribution in [0.2, 0.25) is 0 Å². The highest BCUT2D eigenvalue weighted by atomic mass is 16.6. The Balaban J connectivity index is 1.85. The van der Waals surface area contributed by atoms with Crippen LogP contribution in [-0.4, -0.2) is 29.8 Å². The zero-order chi connectivity index (χ0) is 20.3. The molecule has 1 atom stereocenters. The van der Waals surface area contributed by atoms with E-state index >= 15 is 0 Å². The van der Waals surface area contributed by atoms with Crippen molar-refractivity contribution in [3.8, 4) is 6.07 Å². The number of amides is 2. The number of nitrogens with one attached hydrogen (secondary N) is 1. The number of rotatable bonds is 6. The SMILES string of the molecule is CN(C(=O)C1CCCCC1)c1ccc(C(C#N)C(=O)NC2CC2)c([N+](=O)[O-])c1. The van der Waals surface area contributed by atoms with Gasteiger partial charge in [-0.25, -0.2) is 0 Å². The van der Waals surface area contributed by atoms with Crippen molar-refractivity contribution in [2.24, 2.45) is 5.92 Å². The van der Waals surface area contributed by atoms with Crippen LogP contribution in [0.4, 0.5) is 11.4 Å². The Kier molecular flexibility index (Phi) is 5.93. The second-order valence-electron chi connectivity index (χ2n) is 7.58. The summed E-state index contributed by atoms with van der Waals surface area (Å²) in [4.78, 5) is 37.5. The van der Waals surface area contributed by atoms with Crippen molar-refractivity contribution in [1.29, 1.82) is 5.26 Å². The normalized spacial score (nSPS) is 18.0. The van der Waals surface area contributed by atoms with Gasteiger partial charge >= 0.3 is 0 Å². The van der Waals surface area contributed by atoms with E-state index in [0.29, 0.717) is 5.69 Å². The summed E-state index contributed by atoms with van der Waals surface area (Å²) in [6, 6.07) is 6.19. The summed E-state index contributed by atoms with van der Waals surface area (Å²) in [6.45, 7) is 0. The van der Waals surface area contributed by atoms with Crippen LogP contribution >= 0.6 is 0 Å². The molecule has 1 unspecified atom stereocenters. The summed E-state index contributed by atoms with van der Waals surface area (Å²) in [7, 11) is 1.61. The first-order valence-electron chi connectivity index (χ1n) is 9.68. The van der Waals surface area contributed by atoms with Crippen LogP contribution in [0, 0.1) is 27.4 Å². The largest absolute Gasteiger partial charge is 0.352 e. The van der Waals surface area contributed by atoms with Crippen molar-refractivity contribution in [2.75, 3.05) is 11.9 Å². The predicted octanol–water partition coefficient (Wildman–Crippen LogP) is 3.02. The molecule has 2 aliphatic rings. The molecule has 148 valence electrons. The Morgan fingerprint density at radius 3 is 2.50 bits per heavy atom. The molecule has 2 fully saturated rings. The number of nitro benzene ring substituents is 1. The minimum atomic E-state index is -1.26. The number of nitro groups is 1. The third-order valence-electron chi connectivity index (χ3n) is 5.51. The van der Waals surface area contributed by atoms with E-state index in [-0.39, 0.29) is 29.1 Å². The fourth-order valence-corrected chi connectivity index (χ4v) is 3.68. The quantitative estimate of drug-likeness (QED) is 0.598. The molecular formula is C20H24N4O4. The summed E-state index contributed by atoms with van der Waals surface area (Å²) >= 11 is 0. The summed E-state index contributed by atoms with van der Waals surface area (Å²) in [6.07, 6.45) is 6.55. The van der Waals surface area contributed by atoms with Gasteiger partial charge < -0.3 is 10.2 Å². The van der Waals surface area contributed by atoms with E-state index in [9.17, 15) is 25.0 Å². The lowest BCUT2D eigenvalue weighted by atomic mass is 9.88. The molecule has 0 bridgehead atoms. The van der Waals surface area contributed by atoms with Gasteiger partial charge in [0.2, 0.25) is 11.8 Å². The van der Waals surface area contributed by atoms with Crippen LogP contribution < -0.4 is 10.2 Å². The van der Waals surface area contributed by atoms with Crippen LogP contribution in [0.3, 0.4) is 0 Å². The number of anilines is 1. The Morgan fingerprint density at radius 2 is 1.93 bits per heavy atom. The van der Waals surface area contributed by atoms with Crippen molar-refractivity contribution < 1.29 is 14.5 Å². The van der Waals surface area contributed by atoms with Gasteiger partial charge in [0.05, 0.1) is 22.2 Å². The van der Waals surface area contributed by atoms with E-state index in [4.69, 9.17) is 0 Å². The maximum absolute atomic E-state index is 12.7. The molecule has 0 spiro atoms. The van der Waals surface area contributed by atoms with Gasteiger partial charge in [0, 0.05) is 25.1 Å². The Labute approximate surface area is 163 Å². The van der Waals surface area contributed by atoms with Crippen LogP contribution in [0.25, 0.3) is 0 Å². The second-order valence-corrected chi connectivity index (χ2v) is 7.58. The molecule has 0 saturated heterocycles. The van der Waals surface area contributed by atoms with Crippen molar-refractivity contribution >= 4 is 23.2 Å². The van der Waals surface area contributed by atoms with Gasteiger partial charge in [0.25, 0.3) is 5.69 Å². The summed E-state index contributed by atoms with van der Waals surface area (Å²) in [5.41, 5.74) is 0.122. The third kappa shape index (κ3) is 4.30. The van der Waals surface area contributed by atoms with Crippen LogP contribution in [0.1, 0.15) is 56.4 Å². The molecule has 2 amide bonds. The second kappa shape index (κ2) is 8.38. The maximum Gasteiger partial charge on any atom is 0.276 e. The van der Waals surface area contributed by atoms with E-state index in [2.05, 4.69) is 5.32 Å². The van der Waals surface area contributed by atoms with Crippen molar-refractivity contribution in [3.63, 3.8) is 0 Å². The maximum atomic E-state index is 12.7. The number of carbonyl (C=O) groups is 2. The van der Waals surface area contributed by atoms with Gasteiger partial charge in [-0.1, -0.05) is 19.3 Å². The fourth-order valence-electron chi connectivity index (χ4n) is 3.68. The first-order valence-corrected chi connectivity index (χ1v) is 9.68. The highest BCUT2D eigenvalue weighted by molar-refractivity contribution is 5.95. The highest BCUT2D eigenvalue weighted by Crippen LogP contribution is 2.33. The summed E-state index contributed by atoms with van der Waals surface area (Å²) in [5.74, 6) is -1.89. The van der Waals surface area contributed by atoms with E-state index in [1.54, 1.807) is 13.1 Å². The van der Waals surface area contributed by atoms with Gasteiger partial charge in [0.15, 0.2) is 5.92 Å². The predicted molar refractivity (Wildman–Crippen MR) is 103 cm³/mol. The van der Waals surface area contributed by atoms with E-state index < -0.39 is 16.7 Å². The molecule has 2 aliphatic carbocycles. The molecule has 0 aliphatic heterocycles. The zero-order valence-corrected chi connectivity index (χ0v) is 15.9. The molecule has 1 N–H and O–H groups in total. The number of benzene rings is 1. The van der Waals surface area contributed by atoms with Gasteiger partial charge in [-0.05, 0) is 37.8 Å². The average molecular weight is 384 g/mol. The lowest BCUT2D eigenvalue weighted by Gasteiger charge is -2.26. The van der Waals surface area contributed by atoms with Crippen molar-refractivity contribution in [3.05, 3.63) is 33.9 Å². The number of hydrogen-bond acceptors (Lipinski definition) is 5. The molecule has 1 aromatic rings. The molecular weight excluding hydrogens is 360 g/mol. The number of carbonyl (C=O) groups excluding carboxylic acids is 2. The number of nitriles is 1. The molecule has 2 saturated carbocycles. The van der Waals surface area contributed by atoms with Crippen LogP contribution in [-0.2, 0) is 9.59 Å². The Morgan fingerprint density at radius 1 is 1.25 bits per heavy atom. The van der Waals surface area contributed by atoms with Crippen LogP contribution in [0.15, 0.2) is 18.2 Å². The monoisotopic (exact) mass is 384 g/mol. The highest BCUT2D eigenvalue weighted by Gasteiger charge is 2.33. The van der Waals surface area contributed by atoms with E-state index in [1.165, 1.54) is 17.0 Å². The standard InChI is InChI=1S/C20H24N4O4/c1-23(20(26)13-5-3-2-4-6-13)15-9-10-16(18(11-15)24(27)28)17(12-21)19(25)22-14-7-8-14/h9-11,13-14,17H,2-8H2,1H3,(H,22,25). The smallest absolute Gasteiger partial charge is 0.276 e. The molecule has 3 rings (SSSR count). The summed E-state index contributed by atoms with van der Waals surface area (Å²) < 4.78 is 0.